The molecule has 0 saturated heterocycles. The molecule has 3 N–H and O–H groups in total. The lowest BCUT2D eigenvalue weighted by atomic mass is 10.3. The van der Waals surface area contributed by atoms with Gasteiger partial charge < -0.3 is 5.73 Å². The maximum Gasteiger partial charge on any atom is 0.304 e. The van der Waals surface area contributed by atoms with Crippen LogP contribution in [0, 0.1) is 17.0 Å². The highest BCUT2D eigenvalue weighted by Crippen LogP contribution is 2.34. The van der Waals surface area contributed by atoms with E-state index in [0.29, 0.717) is 17.8 Å². The largest absolute Gasteiger partial charge is 0.385 e. The summed E-state index contributed by atoms with van der Waals surface area (Å²) in [5.41, 5.74) is 5.85. The molecule has 114 valence electrons. The Hall–Kier alpha value is -1.56. The van der Waals surface area contributed by atoms with Crippen LogP contribution in [0.25, 0.3) is 0 Å². The van der Waals surface area contributed by atoms with Crippen molar-refractivity contribution in [3.05, 3.63) is 32.3 Å². The van der Waals surface area contributed by atoms with Gasteiger partial charge in [0, 0.05) is 24.4 Å². The van der Waals surface area contributed by atoms with E-state index in [0.717, 1.165) is 16.8 Å². The number of sulfonamides is 1. The van der Waals surface area contributed by atoms with Crippen LogP contribution < -0.4 is 10.5 Å². The van der Waals surface area contributed by atoms with Crippen molar-refractivity contribution < 1.29 is 13.3 Å². The van der Waals surface area contributed by atoms with Crippen molar-refractivity contribution >= 4 is 43.4 Å². The van der Waals surface area contributed by atoms with Gasteiger partial charge >= 0.3 is 5.69 Å². The topological polar surface area (TPSA) is 128 Å². The summed E-state index contributed by atoms with van der Waals surface area (Å²) in [7, 11) is -3.80. The van der Waals surface area contributed by atoms with Crippen LogP contribution in [0.15, 0.2) is 15.7 Å². The number of anilines is 1. The highest BCUT2D eigenvalue weighted by atomic mass is 32.2. The molecular formula is C10H12N4O4S3. The molecule has 0 bridgehead atoms. The molecule has 0 atom stereocenters. The van der Waals surface area contributed by atoms with Gasteiger partial charge in [-0.25, -0.2) is 18.1 Å². The van der Waals surface area contributed by atoms with Crippen molar-refractivity contribution in [1.82, 2.24) is 9.71 Å². The van der Waals surface area contributed by atoms with Crippen LogP contribution in [0.3, 0.4) is 0 Å². The molecule has 2 rings (SSSR count). The second-order valence-electron chi connectivity index (χ2n) is 4.08. The van der Waals surface area contributed by atoms with E-state index in [1.54, 1.807) is 0 Å². The minimum atomic E-state index is -3.80. The zero-order valence-corrected chi connectivity index (χ0v) is 13.3. The maximum absolute atomic E-state index is 12.0. The number of nitrogens with two attached hydrogens (primary N) is 1. The summed E-state index contributed by atoms with van der Waals surface area (Å²) in [6.07, 6.45) is 0.451. The van der Waals surface area contributed by atoms with E-state index in [9.17, 15) is 18.5 Å². The van der Waals surface area contributed by atoms with Crippen LogP contribution in [0.1, 0.15) is 10.7 Å². The molecule has 2 aromatic rings. The first-order valence-corrected chi connectivity index (χ1v) is 8.92. The number of nitro groups is 1. The zero-order valence-electron chi connectivity index (χ0n) is 10.9. The molecule has 11 heteroatoms. The Labute approximate surface area is 128 Å². The van der Waals surface area contributed by atoms with E-state index in [-0.39, 0.29) is 15.8 Å². The van der Waals surface area contributed by atoms with E-state index in [1.165, 1.54) is 11.3 Å². The molecule has 0 saturated carbocycles. The van der Waals surface area contributed by atoms with Crippen LogP contribution in [0.5, 0.6) is 0 Å². The minimum Gasteiger partial charge on any atom is -0.385 e. The third kappa shape index (κ3) is 3.75. The van der Waals surface area contributed by atoms with E-state index >= 15 is 0 Å². The van der Waals surface area contributed by atoms with E-state index in [1.807, 2.05) is 12.3 Å². The fourth-order valence-corrected chi connectivity index (χ4v) is 4.49. The summed E-state index contributed by atoms with van der Waals surface area (Å²) in [6, 6.07) is 0.968. The highest BCUT2D eigenvalue weighted by molar-refractivity contribution is 7.91. The van der Waals surface area contributed by atoms with E-state index < -0.39 is 20.6 Å². The number of aryl methyl sites for hydroxylation is 1. The molecule has 0 aliphatic rings. The summed E-state index contributed by atoms with van der Waals surface area (Å²) in [4.78, 5) is 14.2. The number of nitrogens with one attached hydrogen (secondary N) is 1. The second-order valence-corrected chi connectivity index (χ2v) is 8.22. The number of aromatic nitrogens is 1. The summed E-state index contributed by atoms with van der Waals surface area (Å²) < 4.78 is 26.3. The molecule has 0 spiro atoms. The molecule has 0 amide bonds. The maximum atomic E-state index is 12.0. The molecular weight excluding hydrogens is 336 g/mol. The third-order valence-corrected chi connectivity index (χ3v) is 6.23. The Morgan fingerprint density at radius 1 is 1.52 bits per heavy atom. The normalized spacial score (nSPS) is 11.7. The van der Waals surface area contributed by atoms with Gasteiger partial charge in [-0.3, -0.25) is 10.1 Å². The fourth-order valence-electron chi connectivity index (χ4n) is 1.56. The van der Waals surface area contributed by atoms with Gasteiger partial charge in [0.2, 0.25) is 10.0 Å². The number of hydrogen-bond acceptors (Lipinski definition) is 8. The Morgan fingerprint density at radius 2 is 2.24 bits per heavy atom. The van der Waals surface area contributed by atoms with Crippen molar-refractivity contribution in [3.63, 3.8) is 0 Å². The van der Waals surface area contributed by atoms with Crippen LogP contribution in [0.4, 0.5) is 10.7 Å². The van der Waals surface area contributed by atoms with Crippen molar-refractivity contribution in [3.8, 4) is 0 Å². The molecule has 0 unspecified atom stereocenters. The molecule has 0 fully saturated rings. The first-order chi connectivity index (χ1) is 9.79. The van der Waals surface area contributed by atoms with Gasteiger partial charge in [0.05, 0.1) is 15.6 Å². The number of nitrogens with zero attached hydrogens (tertiary/aromatic N) is 2. The van der Waals surface area contributed by atoms with Crippen molar-refractivity contribution in [2.75, 3.05) is 12.3 Å². The Balaban J connectivity index is 2.04. The molecule has 0 radical (unpaired) electrons. The Kier molecular flexibility index (Phi) is 4.56. The summed E-state index contributed by atoms with van der Waals surface area (Å²) in [5, 5.41) is 13.3. The molecule has 2 aromatic heterocycles. The zero-order chi connectivity index (χ0) is 15.6. The number of hydrogen-bond donors (Lipinski definition) is 2. The molecule has 21 heavy (non-hydrogen) atoms. The summed E-state index contributed by atoms with van der Waals surface area (Å²) >= 11 is 2.16. The van der Waals surface area contributed by atoms with Crippen molar-refractivity contribution in [2.24, 2.45) is 0 Å². The van der Waals surface area contributed by atoms with E-state index in [2.05, 4.69) is 9.71 Å². The van der Waals surface area contributed by atoms with Crippen LogP contribution in [-0.4, -0.2) is 24.9 Å². The molecule has 0 aliphatic carbocycles. The average molecular weight is 348 g/mol. The third-order valence-electron chi connectivity index (χ3n) is 2.52. The van der Waals surface area contributed by atoms with Gasteiger partial charge in [-0.2, -0.15) is 0 Å². The first-order valence-electron chi connectivity index (χ1n) is 5.74. The van der Waals surface area contributed by atoms with Crippen molar-refractivity contribution in [1.29, 1.82) is 0 Å². The van der Waals surface area contributed by atoms with Crippen LogP contribution in [-0.2, 0) is 16.4 Å². The molecule has 8 nitrogen and oxygen atoms in total. The lowest BCUT2D eigenvalue weighted by Gasteiger charge is -2.02. The average Bonchev–Trinajstić information content (AvgIpc) is 2.96. The minimum absolute atomic E-state index is 0.129. The Morgan fingerprint density at radius 3 is 2.76 bits per heavy atom. The van der Waals surface area contributed by atoms with Crippen LogP contribution in [0.2, 0.25) is 0 Å². The highest BCUT2D eigenvalue weighted by Gasteiger charge is 2.24. The monoisotopic (exact) mass is 348 g/mol. The van der Waals surface area contributed by atoms with Crippen LogP contribution >= 0.6 is 22.7 Å². The quantitative estimate of drug-likeness (QED) is 0.601. The standard InChI is InChI=1S/C10H12N4O4S3/c1-6-13-7(5-19-6)2-3-12-21(17,18)9-4-8(14(15)16)10(11)20-9/h4-5,12H,2-3,11H2,1H3. The van der Waals surface area contributed by atoms with Gasteiger partial charge in [0.15, 0.2) is 5.00 Å². The fraction of sp³-hybridized carbons (Fsp3) is 0.300. The number of rotatable bonds is 6. The molecule has 0 aromatic carbocycles. The first kappa shape index (κ1) is 15.8. The van der Waals surface area contributed by atoms with Gasteiger partial charge in [0.25, 0.3) is 0 Å². The second kappa shape index (κ2) is 6.05. The van der Waals surface area contributed by atoms with Gasteiger partial charge in [0.1, 0.15) is 4.21 Å². The predicted molar refractivity (Wildman–Crippen MR) is 81.1 cm³/mol. The Bertz CT molecular complexity index is 765. The number of thiophene rings is 1. The molecule has 0 aliphatic heterocycles. The smallest absolute Gasteiger partial charge is 0.304 e. The lowest BCUT2D eigenvalue weighted by Crippen LogP contribution is -2.25. The lowest BCUT2D eigenvalue weighted by molar-refractivity contribution is -0.383. The summed E-state index contributed by atoms with van der Waals surface area (Å²) in [6.45, 7) is 2.03. The number of thiazole rings is 1. The van der Waals surface area contributed by atoms with Gasteiger partial charge in [-0.1, -0.05) is 11.3 Å². The SMILES string of the molecule is Cc1nc(CCNS(=O)(=O)c2cc([N+](=O)[O-])c(N)s2)cs1. The predicted octanol–water partition coefficient (Wildman–Crippen LogP) is 1.52. The number of nitrogen functional groups attached to an aromatic ring is 1. The van der Waals surface area contributed by atoms with Crippen molar-refractivity contribution in [2.45, 2.75) is 17.6 Å². The van der Waals surface area contributed by atoms with Gasteiger partial charge in [-0.05, 0) is 6.92 Å². The molecule has 2 heterocycles. The van der Waals surface area contributed by atoms with E-state index in [4.69, 9.17) is 5.73 Å². The summed E-state index contributed by atoms with van der Waals surface area (Å²) in [5.74, 6) is 0. The van der Waals surface area contributed by atoms with Gasteiger partial charge in [-0.15, -0.1) is 11.3 Å².